The lowest BCUT2D eigenvalue weighted by molar-refractivity contribution is -0.151. The number of aryl methyl sites for hydroxylation is 1. The zero-order valence-corrected chi connectivity index (χ0v) is 11.5. The molecule has 0 spiro atoms. The Labute approximate surface area is 116 Å². The molecule has 1 N–H and O–H groups in total. The number of amides is 1. The van der Waals surface area contributed by atoms with Crippen molar-refractivity contribution in [2.75, 3.05) is 26.9 Å². The number of benzene rings is 1. The Bertz CT molecular complexity index is 528. The number of phenols is 1. The summed E-state index contributed by atoms with van der Waals surface area (Å²) in [6.45, 7) is 2.59. The fourth-order valence-corrected chi connectivity index (χ4v) is 2.22. The summed E-state index contributed by atoms with van der Waals surface area (Å²) < 4.78 is 9.94. The molecule has 0 bridgehead atoms. The highest BCUT2D eigenvalue weighted by Gasteiger charge is 2.34. The van der Waals surface area contributed by atoms with Crippen LogP contribution < -0.4 is 0 Å². The van der Waals surface area contributed by atoms with Crippen molar-refractivity contribution < 1.29 is 24.2 Å². The van der Waals surface area contributed by atoms with E-state index in [4.69, 9.17) is 9.47 Å². The number of methoxy groups -OCH3 is 1. The number of morpholine rings is 1. The van der Waals surface area contributed by atoms with Crippen LogP contribution in [0.1, 0.15) is 15.9 Å². The van der Waals surface area contributed by atoms with Gasteiger partial charge in [0.1, 0.15) is 5.75 Å². The topological polar surface area (TPSA) is 76.1 Å². The summed E-state index contributed by atoms with van der Waals surface area (Å²) >= 11 is 0. The predicted octanol–water partition coefficient (Wildman–Crippen LogP) is 0.715. The number of hydrogen-bond acceptors (Lipinski definition) is 5. The minimum absolute atomic E-state index is 0.102. The minimum atomic E-state index is -0.727. The van der Waals surface area contributed by atoms with Crippen molar-refractivity contribution in [3.63, 3.8) is 0 Å². The Morgan fingerprint density at radius 3 is 2.85 bits per heavy atom. The second kappa shape index (κ2) is 5.92. The molecule has 20 heavy (non-hydrogen) atoms. The molecule has 1 saturated heterocycles. The van der Waals surface area contributed by atoms with E-state index in [0.717, 1.165) is 0 Å². The Hall–Kier alpha value is -2.08. The van der Waals surface area contributed by atoms with Crippen LogP contribution in [-0.2, 0) is 14.3 Å². The van der Waals surface area contributed by atoms with Gasteiger partial charge in [0.2, 0.25) is 0 Å². The van der Waals surface area contributed by atoms with Crippen LogP contribution in [0.15, 0.2) is 18.2 Å². The average molecular weight is 279 g/mol. The SMILES string of the molecule is COC(=O)C1COCCN1C(=O)c1ccc(O)cc1C. The third-order valence-corrected chi connectivity index (χ3v) is 3.30. The van der Waals surface area contributed by atoms with Gasteiger partial charge in [0.15, 0.2) is 6.04 Å². The summed E-state index contributed by atoms with van der Waals surface area (Å²) in [5, 5.41) is 9.39. The summed E-state index contributed by atoms with van der Waals surface area (Å²) in [6, 6.07) is 3.79. The average Bonchev–Trinajstić information content (AvgIpc) is 2.46. The van der Waals surface area contributed by atoms with Gasteiger partial charge in [-0.15, -0.1) is 0 Å². The minimum Gasteiger partial charge on any atom is -0.508 e. The number of esters is 1. The number of nitrogens with zero attached hydrogens (tertiary/aromatic N) is 1. The highest BCUT2D eigenvalue weighted by molar-refractivity contribution is 5.98. The fourth-order valence-electron chi connectivity index (χ4n) is 2.22. The van der Waals surface area contributed by atoms with Crippen LogP contribution in [0.3, 0.4) is 0 Å². The highest BCUT2D eigenvalue weighted by atomic mass is 16.5. The second-order valence-electron chi connectivity index (χ2n) is 4.61. The lowest BCUT2D eigenvalue weighted by Gasteiger charge is -2.34. The van der Waals surface area contributed by atoms with Gasteiger partial charge >= 0.3 is 5.97 Å². The Morgan fingerprint density at radius 2 is 2.20 bits per heavy atom. The number of aromatic hydroxyl groups is 1. The first-order valence-corrected chi connectivity index (χ1v) is 6.30. The molecule has 1 aliphatic rings. The van der Waals surface area contributed by atoms with Crippen LogP contribution in [0.25, 0.3) is 0 Å². The molecule has 0 aliphatic carbocycles. The maximum atomic E-state index is 12.5. The van der Waals surface area contributed by atoms with E-state index >= 15 is 0 Å². The van der Waals surface area contributed by atoms with E-state index in [1.165, 1.54) is 24.1 Å². The number of phenolic OH excluding ortho intramolecular Hbond substituents is 1. The largest absolute Gasteiger partial charge is 0.508 e. The van der Waals surface area contributed by atoms with Gasteiger partial charge < -0.3 is 19.5 Å². The molecule has 1 fully saturated rings. The molecule has 0 saturated carbocycles. The standard InChI is InChI=1S/C14H17NO5/c1-9-7-10(16)3-4-11(9)13(17)15-5-6-20-8-12(15)14(18)19-2/h3-4,7,12,16H,5-6,8H2,1-2H3. The van der Waals surface area contributed by atoms with Gasteiger partial charge in [0.05, 0.1) is 20.3 Å². The molecule has 1 unspecified atom stereocenters. The van der Waals surface area contributed by atoms with Crippen molar-refractivity contribution in [2.24, 2.45) is 0 Å². The van der Waals surface area contributed by atoms with Gasteiger partial charge in [-0.2, -0.15) is 0 Å². The number of hydrogen-bond donors (Lipinski definition) is 1. The summed E-state index contributed by atoms with van der Waals surface area (Å²) in [6.07, 6.45) is 0. The lowest BCUT2D eigenvalue weighted by Crippen LogP contribution is -2.53. The lowest BCUT2D eigenvalue weighted by atomic mass is 10.1. The first-order valence-electron chi connectivity index (χ1n) is 6.30. The van der Waals surface area contributed by atoms with Crippen LogP contribution in [0.5, 0.6) is 5.75 Å². The molecule has 0 aromatic heterocycles. The Morgan fingerprint density at radius 1 is 1.45 bits per heavy atom. The molecule has 2 rings (SSSR count). The molecule has 108 valence electrons. The molecule has 6 heteroatoms. The summed E-state index contributed by atoms with van der Waals surface area (Å²) in [4.78, 5) is 25.7. The monoisotopic (exact) mass is 279 g/mol. The smallest absolute Gasteiger partial charge is 0.331 e. The van der Waals surface area contributed by atoms with Crippen molar-refractivity contribution >= 4 is 11.9 Å². The van der Waals surface area contributed by atoms with Crippen molar-refractivity contribution in [3.8, 4) is 5.75 Å². The molecular formula is C14H17NO5. The zero-order chi connectivity index (χ0) is 14.7. The van der Waals surface area contributed by atoms with E-state index in [0.29, 0.717) is 24.3 Å². The van der Waals surface area contributed by atoms with E-state index in [1.807, 2.05) is 0 Å². The normalized spacial score (nSPS) is 18.7. The van der Waals surface area contributed by atoms with Crippen LogP contribution in [-0.4, -0.2) is 54.8 Å². The number of carbonyl (C=O) groups excluding carboxylic acids is 2. The van der Waals surface area contributed by atoms with E-state index in [2.05, 4.69) is 0 Å². The van der Waals surface area contributed by atoms with Crippen LogP contribution >= 0.6 is 0 Å². The van der Waals surface area contributed by atoms with Crippen molar-refractivity contribution in [2.45, 2.75) is 13.0 Å². The van der Waals surface area contributed by atoms with Gasteiger partial charge in [-0.1, -0.05) is 0 Å². The number of ether oxygens (including phenoxy) is 2. The maximum Gasteiger partial charge on any atom is 0.331 e. The van der Waals surface area contributed by atoms with Gasteiger partial charge in [0.25, 0.3) is 5.91 Å². The fraction of sp³-hybridized carbons (Fsp3) is 0.429. The van der Waals surface area contributed by atoms with Gasteiger partial charge in [0, 0.05) is 12.1 Å². The maximum absolute atomic E-state index is 12.5. The van der Waals surface area contributed by atoms with Crippen molar-refractivity contribution in [1.82, 2.24) is 4.90 Å². The molecule has 1 aromatic carbocycles. The Balaban J connectivity index is 2.27. The van der Waals surface area contributed by atoms with Gasteiger partial charge in [-0.25, -0.2) is 4.79 Å². The molecule has 1 atom stereocenters. The summed E-state index contributed by atoms with van der Waals surface area (Å²) in [5.74, 6) is -0.652. The summed E-state index contributed by atoms with van der Waals surface area (Å²) in [5.41, 5.74) is 1.11. The quantitative estimate of drug-likeness (QED) is 0.807. The first kappa shape index (κ1) is 14.3. The van der Waals surface area contributed by atoms with Gasteiger partial charge in [-0.05, 0) is 30.7 Å². The molecule has 1 aromatic rings. The predicted molar refractivity (Wildman–Crippen MR) is 70.5 cm³/mol. The number of carbonyl (C=O) groups is 2. The summed E-state index contributed by atoms with van der Waals surface area (Å²) in [7, 11) is 1.28. The molecule has 1 amide bonds. The number of rotatable bonds is 2. The van der Waals surface area contributed by atoms with E-state index < -0.39 is 12.0 Å². The molecule has 1 heterocycles. The zero-order valence-electron chi connectivity index (χ0n) is 11.5. The molecule has 0 radical (unpaired) electrons. The third-order valence-electron chi connectivity index (χ3n) is 3.30. The van der Waals surface area contributed by atoms with Crippen molar-refractivity contribution in [1.29, 1.82) is 0 Å². The van der Waals surface area contributed by atoms with E-state index in [1.54, 1.807) is 13.0 Å². The first-order chi connectivity index (χ1) is 9.54. The van der Waals surface area contributed by atoms with Gasteiger partial charge in [-0.3, -0.25) is 4.79 Å². The van der Waals surface area contributed by atoms with Crippen LogP contribution in [0.2, 0.25) is 0 Å². The van der Waals surface area contributed by atoms with Crippen LogP contribution in [0.4, 0.5) is 0 Å². The van der Waals surface area contributed by atoms with Crippen LogP contribution in [0, 0.1) is 6.92 Å². The Kier molecular flexibility index (Phi) is 4.24. The van der Waals surface area contributed by atoms with Crippen molar-refractivity contribution in [3.05, 3.63) is 29.3 Å². The third kappa shape index (κ3) is 2.75. The molecule has 6 nitrogen and oxygen atoms in total. The molecular weight excluding hydrogens is 262 g/mol. The second-order valence-corrected chi connectivity index (χ2v) is 4.61. The van der Waals surface area contributed by atoms with E-state index in [-0.39, 0.29) is 18.3 Å². The highest BCUT2D eigenvalue weighted by Crippen LogP contribution is 2.20. The molecule has 1 aliphatic heterocycles. The van der Waals surface area contributed by atoms with E-state index in [9.17, 15) is 14.7 Å².